The van der Waals surface area contributed by atoms with E-state index >= 15 is 0 Å². The summed E-state index contributed by atoms with van der Waals surface area (Å²) in [6.07, 6.45) is 1.74. The predicted molar refractivity (Wildman–Crippen MR) is 141 cm³/mol. The van der Waals surface area contributed by atoms with E-state index in [4.69, 9.17) is 21.5 Å². The lowest BCUT2D eigenvalue weighted by Crippen LogP contribution is -2.23. The Morgan fingerprint density at radius 1 is 1.08 bits per heavy atom. The molecule has 0 amide bonds. The van der Waals surface area contributed by atoms with Crippen molar-refractivity contribution >= 4 is 33.4 Å². The Morgan fingerprint density at radius 3 is 2.43 bits per heavy atom. The molecule has 0 spiro atoms. The molecule has 0 saturated carbocycles. The first-order chi connectivity index (χ1) is 17.4. The third kappa shape index (κ3) is 5.67. The molecule has 1 aromatic heterocycles. The lowest BCUT2D eigenvalue weighted by molar-refractivity contribution is 0.413. The van der Waals surface area contributed by atoms with Crippen molar-refractivity contribution in [2.24, 2.45) is 5.14 Å². The highest BCUT2D eigenvalue weighted by Crippen LogP contribution is 2.39. The van der Waals surface area contributed by atoms with E-state index in [2.05, 4.69) is 4.98 Å². The van der Waals surface area contributed by atoms with Gasteiger partial charge in [0.2, 0.25) is 10.0 Å². The van der Waals surface area contributed by atoms with Gasteiger partial charge in [-0.25, -0.2) is 27.3 Å². The van der Waals surface area contributed by atoms with Gasteiger partial charge in [-0.05, 0) is 59.7 Å². The fourth-order valence-electron chi connectivity index (χ4n) is 3.92. The van der Waals surface area contributed by atoms with E-state index in [0.717, 1.165) is 17.3 Å². The van der Waals surface area contributed by atoms with Crippen LogP contribution in [0.15, 0.2) is 76.9 Å². The lowest BCUT2D eigenvalue weighted by Gasteiger charge is -2.28. The molecule has 0 radical (unpaired) electrons. The first-order valence-electron chi connectivity index (χ1n) is 11.0. The summed E-state index contributed by atoms with van der Waals surface area (Å²) in [5, 5.41) is 6.21. The number of thioether (sulfide) groups is 1. The Hall–Kier alpha value is -2.92. The average Bonchev–Trinajstić information content (AvgIpc) is 3.28. The van der Waals surface area contributed by atoms with E-state index in [0.29, 0.717) is 27.2 Å². The standard InChI is InChI=1S/C26H24ClF2N3O3S2/c1-26(2,17-5-10-20(27)22(13-17)35-3)24-14-31-25(32(24)19-8-6-18(28)7-9-19)36-15-16-4-11-21(29)23(12-16)37(30,33)34/h4-14H,15H2,1-3H3,(H2,30,33,34). The van der Waals surface area contributed by atoms with Crippen LogP contribution in [0, 0.1) is 11.6 Å². The Kier molecular flexibility index (Phi) is 7.66. The zero-order chi connectivity index (χ0) is 27.0. The summed E-state index contributed by atoms with van der Waals surface area (Å²) in [4.78, 5) is 4.06. The van der Waals surface area contributed by atoms with Crippen molar-refractivity contribution in [2.75, 3.05) is 7.11 Å². The number of aromatic nitrogens is 2. The van der Waals surface area contributed by atoms with Crippen LogP contribution in [0.3, 0.4) is 0 Å². The Bertz CT molecular complexity index is 1560. The lowest BCUT2D eigenvalue weighted by atomic mass is 9.81. The number of imidazole rings is 1. The van der Waals surface area contributed by atoms with E-state index in [1.54, 1.807) is 31.5 Å². The second-order valence-electron chi connectivity index (χ2n) is 8.81. The summed E-state index contributed by atoms with van der Waals surface area (Å²) in [5.74, 6) is -0.457. The quantitative estimate of drug-likeness (QED) is 0.263. The Balaban J connectivity index is 1.77. The normalized spacial score (nSPS) is 12.1. The smallest absolute Gasteiger partial charge is 0.240 e. The number of sulfonamides is 1. The van der Waals surface area contributed by atoms with Crippen LogP contribution in [0.1, 0.15) is 30.7 Å². The molecule has 3 aromatic carbocycles. The summed E-state index contributed by atoms with van der Waals surface area (Å²) in [7, 11) is -2.66. The third-order valence-corrected chi connectivity index (χ3v) is 8.26. The van der Waals surface area contributed by atoms with Crippen LogP contribution >= 0.6 is 23.4 Å². The molecule has 0 fully saturated rings. The van der Waals surface area contributed by atoms with Crippen LogP contribution in [0.25, 0.3) is 5.69 Å². The topological polar surface area (TPSA) is 87.2 Å². The number of benzene rings is 3. The molecule has 37 heavy (non-hydrogen) atoms. The summed E-state index contributed by atoms with van der Waals surface area (Å²) in [5.41, 5.74) is 2.40. The Morgan fingerprint density at radius 2 is 1.78 bits per heavy atom. The van der Waals surface area contributed by atoms with Crippen molar-refractivity contribution in [1.82, 2.24) is 9.55 Å². The van der Waals surface area contributed by atoms with Crippen molar-refractivity contribution in [3.8, 4) is 11.4 Å². The monoisotopic (exact) mass is 563 g/mol. The second kappa shape index (κ2) is 10.4. The van der Waals surface area contributed by atoms with Crippen molar-refractivity contribution < 1.29 is 21.9 Å². The van der Waals surface area contributed by atoms with Crippen LogP contribution in [0.5, 0.6) is 5.75 Å². The van der Waals surface area contributed by atoms with E-state index in [9.17, 15) is 17.2 Å². The largest absolute Gasteiger partial charge is 0.495 e. The molecular weight excluding hydrogens is 540 g/mol. The van der Waals surface area contributed by atoms with Gasteiger partial charge >= 0.3 is 0 Å². The highest BCUT2D eigenvalue weighted by molar-refractivity contribution is 7.98. The molecule has 4 rings (SSSR count). The number of hydrogen-bond acceptors (Lipinski definition) is 5. The average molecular weight is 564 g/mol. The number of ether oxygens (including phenoxy) is 1. The maximum absolute atomic E-state index is 14.0. The minimum absolute atomic E-state index is 0.287. The molecule has 1 heterocycles. The minimum Gasteiger partial charge on any atom is -0.495 e. The number of halogens is 3. The molecule has 6 nitrogen and oxygen atoms in total. The van der Waals surface area contributed by atoms with Crippen molar-refractivity contribution in [3.05, 3.63) is 100 Å². The van der Waals surface area contributed by atoms with E-state index in [1.807, 2.05) is 30.5 Å². The van der Waals surface area contributed by atoms with Crippen LogP contribution in [-0.4, -0.2) is 25.1 Å². The van der Waals surface area contributed by atoms with Gasteiger partial charge in [0.05, 0.1) is 24.0 Å². The first-order valence-corrected chi connectivity index (χ1v) is 13.9. The fourth-order valence-corrected chi connectivity index (χ4v) is 5.70. The van der Waals surface area contributed by atoms with Crippen LogP contribution in [0.2, 0.25) is 5.02 Å². The van der Waals surface area contributed by atoms with E-state index in [1.165, 1.54) is 36.0 Å². The molecule has 0 saturated heterocycles. The molecule has 11 heteroatoms. The van der Waals surface area contributed by atoms with Gasteiger partial charge in [0.15, 0.2) is 5.16 Å². The number of rotatable bonds is 8. The number of nitrogens with zero attached hydrogens (tertiary/aromatic N) is 2. The highest BCUT2D eigenvalue weighted by atomic mass is 35.5. The molecule has 0 bridgehead atoms. The minimum atomic E-state index is -4.21. The van der Waals surface area contributed by atoms with Crippen LogP contribution in [0.4, 0.5) is 8.78 Å². The summed E-state index contributed by atoms with van der Waals surface area (Å²) in [6, 6.07) is 15.4. The summed E-state index contributed by atoms with van der Waals surface area (Å²) < 4.78 is 58.5. The fraction of sp³-hybridized carbons (Fsp3) is 0.192. The van der Waals surface area contributed by atoms with Gasteiger partial charge in [0.25, 0.3) is 0 Å². The molecule has 0 unspecified atom stereocenters. The van der Waals surface area contributed by atoms with Crippen molar-refractivity contribution in [1.29, 1.82) is 0 Å². The third-order valence-electron chi connectivity index (χ3n) is 6.00. The van der Waals surface area contributed by atoms with Gasteiger partial charge in [0.1, 0.15) is 22.3 Å². The molecule has 0 aliphatic carbocycles. The molecule has 194 valence electrons. The van der Waals surface area contributed by atoms with Gasteiger partial charge in [-0.3, -0.25) is 4.57 Å². The van der Waals surface area contributed by atoms with Crippen molar-refractivity contribution in [3.63, 3.8) is 0 Å². The number of nitrogens with two attached hydrogens (primary N) is 1. The summed E-state index contributed by atoms with van der Waals surface area (Å²) >= 11 is 7.56. The first kappa shape index (κ1) is 27.1. The van der Waals surface area contributed by atoms with Gasteiger partial charge in [-0.15, -0.1) is 0 Å². The maximum Gasteiger partial charge on any atom is 0.240 e. The molecular formula is C26H24ClF2N3O3S2. The predicted octanol–water partition coefficient (Wildman–Crippen LogP) is 6.08. The molecule has 0 atom stereocenters. The molecule has 4 aromatic rings. The molecule has 2 N–H and O–H groups in total. The van der Waals surface area contributed by atoms with Gasteiger partial charge < -0.3 is 4.74 Å². The van der Waals surface area contributed by atoms with Gasteiger partial charge in [0, 0.05) is 16.9 Å². The SMILES string of the molecule is COc1cc(C(C)(C)c2cnc(SCc3ccc(F)c(S(N)(=O)=O)c3)n2-c2ccc(F)cc2)ccc1Cl. The van der Waals surface area contributed by atoms with Crippen molar-refractivity contribution in [2.45, 2.75) is 35.1 Å². The van der Waals surface area contributed by atoms with E-state index in [-0.39, 0.29) is 11.6 Å². The number of hydrogen-bond donors (Lipinski definition) is 1. The number of methoxy groups -OCH3 is 1. The number of primary sulfonamides is 1. The maximum atomic E-state index is 14.0. The van der Waals surface area contributed by atoms with Crippen LogP contribution in [-0.2, 0) is 21.2 Å². The highest BCUT2D eigenvalue weighted by Gasteiger charge is 2.30. The van der Waals surface area contributed by atoms with Gasteiger partial charge in [-0.2, -0.15) is 0 Å². The second-order valence-corrected chi connectivity index (χ2v) is 11.7. The molecule has 0 aliphatic heterocycles. The summed E-state index contributed by atoms with van der Waals surface area (Å²) in [6.45, 7) is 4.05. The van der Waals surface area contributed by atoms with E-state index < -0.39 is 26.2 Å². The van der Waals surface area contributed by atoms with Gasteiger partial charge in [-0.1, -0.05) is 49.3 Å². The zero-order valence-electron chi connectivity index (χ0n) is 20.2. The molecule has 0 aliphatic rings. The van der Waals surface area contributed by atoms with Crippen LogP contribution < -0.4 is 9.88 Å². The zero-order valence-corrected chi connectivity index (χ0v) is 22.6. The Labute approximate surface area is 223 Å².